The van der Waals surface area contributed by atoms with Crippen molar-refractivity contribution in [1.29, 1.82) is 0 Å². The van der Waals surface area contributed by atoms with Crippen molar-refractivity contribution in [3.8, 4) is 0 Å². The zero-order chi connectivity index (χ0) is 44.8. The van der Waals surface area contributed by atoms with Crippen LogP contribution in [0, 0.1) is 0 Å². The number of carbonyl (C=O) groups excluding carboxylic acids is 12. The molecular formula is C42H52N8O12. The molecule has 0 aromatic rings. The Morgan fingerprint density at radius 2 is 0.484 bits per heavy atom. The molecule has 0 radical (unpaired) electrons. The molecule has 20 heteroatoms. The maximum Gasteiger partial charge on any atom is 0.253 e. The molecule has 0 saturated carbocycles. The second-order valence-corrected chi connectivity index (χ2v) is 15.3. The second kappa shape index (κ2) is 22.3. The highest BCUT2D eigenvalue weighted by atomic mass is 16.2. The van der Waals surface area contributed by atoms with Gasteiger partial charge in [-0.05, 0) is 38.5 Å². The summed E-state index contributed by atoms with van der Waals surface area (Å²) in [6, 6.07) is 0. The molecule has 5 aliphatic heterocycles. The van der Waals surface area contributed by atoms with Crippen molar-refractivity contribution in [1.82, 2.24) is 39.2 Å². The van der Waals surface area contributed by atoms with Crippen LogP contribution in [0.4, 0.5) is 0 Å². The first-order valence-corrected chi connectivity index (χ1v) is 21.0. The molecule has 0 unspecified atom stereocenters. The minimum absolute atomic E-state index is 0.00393. The van der Waals surface area contributed by atoms with Gasteiger partial charge in [-0.2, -0.15) is 0 Å². The van der Waals surface area contributed by atoms with Crippen molar-refractivity contribution >= 4 is 70.9 Å². The Bertz CT molecular complexity index is 1630. The van der Waals surface area contributed by atoms with Gasteiger partial charge in [0.25, 0.3) is 47.3 Å². The lowest BCUT2D eigenvalue weighted by atomic mass is 10.2. The predicted octanol–water partition coefficient (Wildman–Crippen LogP) is -1.08. The summed E-state index contributed by atoms with van der Waals surface area (Å²) in [5, 5.41) is 0. The van der Waals surface area contributed by atoms with E-state index in [1.807, 2.05) is 0 Å². The summed E-state index contributed by atoms with van der Waals surface area (Å²) in [6.45, 7) is 1.28. The van der Waals surface area contributed by atoms with Gasteiger partial charge >= 0.3 is 0 Å². The van der Waals surface area contributed by atoms with Crippen LogP contribution in [0.3, 0.4) is 0 Å². The lowest BCUT2D eigenvalue weighted by Crippen LogP contribution is -2.46. The maximum atomic E-state index is 13.7. The molecule has 5 rings (SSSR count). The molecule has 0 aromatic heterocycles. The second-order valence-electron chi connectivity index (χ2n) is 15.3. The lowest BCUT2D eigenvalue weighted by Gasteiger charge is -2.33. The summed E-state index contributed by atoms with van der Waals surface area (Å²) in [5.74, 6) is -4.83. The third kappa shape index (κ3) is 12.7. The number of imide groups is 4. The summed E-state index contributed by atoms with van der Waals surface area (Å²) in [6.07, 6.45) is 10.7. The maximum absolute atomic E-state index is 13.7. The van der Waals surface area contributed by atoms with Crippen LogP contribution in [0.1, 0.15) is 64.2 Å². The van der Waals surface area contributed by atoms with E-state index in [0.717, 1.165) is 19.6 Å². The Kier molecular flexibility index (Phi) is 16.7. The molecule has 0 spiro atoms. The fourth-order valence-corrected chi connectivity index (χ4v) is 7.62. The van der Waals surface area contributed by atoms with Crippen LogP contribution < -0.4 is 0 Å². The fraction of sp³-hybridized carbons (Fsp3) is 0.524. The van der Waals surface area contributed by atoms with Crippen LogP contribution in [0.25, 0.3) is 0 Å². The van der Waals surface area contributed by atoms with Crippen LogP contribution in [-0.4, -0.2) is 189 Å². The third-order valence-electron chi connectivity index (χ3n) is 11.1. The van der Waals surface area contributed by atoms with Crippen molar-refractivity contribution in [3.05, 3.63) is 48.6 Å². The Morgan fingerprint density at radius 1 is 0.306 bits per heavy atom. The SMILES string of the molecule is O=C(CCCN1C(=O)C=CC1=O)N1CCCN(C(=O)CCCN2C(=O)C=CC2=O)CCN(C(=O)CCCN2C(=O)C=CC2=O)CCCN(C(=O)CCCN2C(=O)C=CC2=O)CC1. The molecule has 0 bridgehead atoms. The average Bonchev–Trinajstić information content (AvgIpc) is 3.96. The molecule has 0 N–H and O–H groups in total. The summed E-state index contributed by atoms with van der Waals surface area (Å²) in [5.41, 5.74) is 0. The van der Waals surface area contributed by atoms with Crippen molar-refractivity contribution < 1.29 is 57.5 Å². The van der Waals surface area contributed by atoms with E-state index in [-0.39, 0.29) is 154 Å². The van der Waals surface area contributed by atoms with Gasteiger partial charge in [0, 0.05) is 153 Å². The molecule has 332 valence electrons. The van der Waals surface area contributed by atoms with E-state index in [1.165, 1.54) is 48.6 Å². The van der Waals surface area contributed by atoms with Crippen LogP contribution in [0.5, 0.6) is 0 Å². The number of hydrogen-bond acceptors (Lipinski definition) is 12. The van der Waals surface area contributed by atoms with E-state index in [1.54, 1.807) is 19.6 Å². The van der Waals surface area contributed by atoms with Gasteiger partial charge < -0.3 is 19.6 Å². The summed E-state index contributed by atoms with van der Waals surface area (Å²) in [4.78, 5) is 162. The highest BCUT2D eigenvalue weighted by molar-refractivity contribution is 6.14. The first-order valence-electron chi connectivity index (χ1n) is 21.0. The van der Waals surface area contributed by atoms with Crippen LogP contribution in [0.2, 0.25) is 0 Å². The quantitative estimate of drug-likeness (QED) is 0.169. The van der Waals surface area contributed by atoms with Gasteiger partial charge in [-0.3, -0.25) is 77.1 Å². The molecule has 1 fully saturated rings. The number of hydrogen-bond donors (Lipinski definition) is 0. The molecule has 62 heavy (non-hydrogen) atoms. The van der Waals surface area contributed by atoms with E-state index in [4.69, 9.17) is 0 Å². The number of amides is 12. The zero-order valence-corrected chi connectivity index (χ0v) is 34.7. The number of rotatable bonds is 16. The first-order chi connectivity index (χ1) is 29.7. The van der Waals surface area contributed by atoms with Crippen LogP contribution in [-0.2, 0) is 57.5 Å². The molecule has 0 aromatic carbocycles. The van der Waals surface area contributed by atoms with E-state index in [0.29, 0.717) is 12.8 Å². The Labute approximate surface area is 358 Å². The lowest BCUT2D eigenvalue weighted by molar-refractivity contribution is -0.140. The Hall–Kier alpha value is -6.60. The monoisotopic (exact) mass is 860 g/mol. The largest absolute Gasteiger partial charge is 0.341 e. The average molecular weight is 861 g/mol. The summed E-state index contributed by atoms with van der Waals surface area (Å²) >= 11 is 0. The Balaban J connectivity index is 1.28. The van der Waals surface area contributed by atoms with Crippen LogP contribution in [0.15, 0.2) is 48.6 Å². The fourth-order valence-electron chi connectivity index (χ4n) is 7.62. The normalized spacial score (nSPS) is 19.1. The van der Waals surface area contributed by atoms with Crippen molar-refractivity contribution in [2.24, 2.45) is 0 Å². The van der Waals surface area contributed by atoms with Crippen molar-refractivity contribution in [3.63, 3.8) is 0 Å². The molecular weight excluding hydrogens is 809 g/mol. The van der Waals surface area contributed by atoms with Gasteiger partial charge in [0.1, 0.15) is 0 Å². The van der Waals surface area contributed by atoms with E-state index >= 15 is 0 Å². The standard InChI is InChI=1S/C42H52N8O12/c51-31(7-1-23-47-35(55)11-12-36(47)56)43-19-5-20-45(33(53)9-3-25-49-39(59)15-16-40(49)60)29-30-46(34(54)10-4-26-50-41(61)17-18-42(50)62)22-6-21-44(28-27-43)32(52)8-2-24-48-37(57)13-14-38(48)58/h11-18H,1-10,19-30H2. The molecule has 5 aliphatic rings. The van der Waals surface area contributed by atoms with E-state index in [2.05, 4.69) is 0 Å². The van der Waals surface area contributed by atoms with Gasteiger partial charge in [-0.25, -0.2) is 0 Å². The van der Waals surface area contributed by atoms with Crippen molar-refractivity contribution in [2.45, 2.75) is 64.2 Å². The summed E-state index contributed by atoms with van der Waals surface area (Å²) < 4.78 is 0. The smallest absolute Gasteiger partial charge is 0.253 e. The highest BCUT2D eigenvalue weighted by Gasteiger charge is 2.29. The first kappa shape index (κ1) is 46.5. The Morgan fingerprint density at radius 3 is 0.661 bits per heavy atom. The van der Waals surface area contributed by atoms with Gasteiger partial charge in [0.15, 0.2) is 0 Å². The van der Waals surface area contributed by atoms with Gasteiger partial charge in [-0.1, -0.05) is 0 Å². The molecule has 20 nitrogen and oxygen atoms in total. The van der Waals surface area contributed by atoms with Gasteiger partial charge in [0.05, 0.1) is 0 Å². The highest BCUT2D eigenvalue weighted by Crippen LogP contribution is 2.14. The number of nitrogens with zero attached hydrogens (tertiary/aromatic N) is 8. The molecule has 1 saturated heterocycles. The third-order valence-corrected chi connectivity index (χ3v) is 11.1. The number of carbonyl (C=O) groups is 12. The predicted molar refractivity (Wildman–Crippen MR) is 216 cm³/mol. The van der Waals surface area contributed by atoms with E-state index < -0.39 is 47.3 Å². The van der Waals surface area contributed by atoms with Gasteiger partial charge in [-0.15, -0.1) is 0 Å². The minimum Gasteiger partial charge on any atom is -0.341 e. The summed E-state index contributed by atoms with van der Waals surface area (Å²) in [7, 11) is 0. The minimum atomic E-state index is -0.461. The van der Waals surface area contributed by atoms with E-state index in [9.17, 15) is 57.5 Å². The topological polar surface area (TPSA) is 231 Å². The van der Waals surface area contributed by atoms with Crippen LogP contribution >= 0.6 is 0 Å². The molecule has 5 heterocycles. The van der Waals surface area contributed by atoms with Crippen molar-refractivity contribution in [2.75, 3.05) is 78.5 Å². The molecule has 0 aliphatic carbocycles. The molecule has 0 atom stereocenters. The zero-order valence-electron chi connectivity index (χ0n) is 34.7. The van der Waals surface area contributed by atoms with Gasteiger partial charge in [0.2, 0.25) is 23.6 Å². The molecule has 12 amide bonds.